The fourth-order valence-corrected chi connectivity index (χ4v) is 1.79. The summed E-state index contributed by atoms with van der Waals surface area (Å²) in [7, 11) is 0. The summed E-state index contributed by atoms with van der Waals surface area (Å²) in [4.78, 5) is 26.2. The average Bonchev–Trinajstić information content (AvgIpc) is 2.38. The van der Waals surface area contributed by atoms with Crippen molar-refractivity contribution in [2.45, 2.75) is 32.6 Å². The quantitative estimate of drug-likeness (QED) is 0.667. The molecule has 1 unspecified atom stereocenters. The highest BCUT2D eigenvalue weighted by molar-refractivity contribution is 5.90. The first-order valence-electron chi connectivity index (χ1n) is 6.68. The third-order valence-electron chi connectivity index (χ3n) is 2.96. The van der Waals surface area contributed by atoms with Gasteiger partial charge in [0.25, 0.3) is 0 Å². The van der Waals surface area contributed by atoms with Crippen LogP contribution in [0.2, 0.25) is 0 Å². The average molecular weight is 279 g/mol. The Kier molecular flexibility index (Phi) is 6.66. The zero-order valence-electron chi connectivity index (χ0n) is 11.6. The van der Waals surface area contributed by atoms with Gasteiger partial charge < -0.3 is 16.2 Å². The number of pyridine rings is 1. The van der Waals surface area contributed by atoms with Gasteiger partial charge >= 0.3 is 5.97 Å². The molecule has 0 saturated heterocycles. The van der Waals surface area contributed by atoms with Crippen molar-refractivity contribution >= 4 is 17.6 Å². The minimum atomic E-state index is -0.928. The summed E-state index contributed by atoms with van der Waals surface area (Å²) in [6.07, 6.45) is 3.51. The van der Waals surface area contributed by atoms with Gasteiger partial charge in [-0.05, 0) is 37.4 Å². The smallest absolute Gasteiger partial charge is 0.309 e. The highest BCUT2D eigenvalue weighted by Gasteiger charge is 2.07. The van der Waals surface area contributed by atoms with Crippen molar-refractivity contribution in [3.05, 3.63) is 24.0 Å². The largest absolute Gasteiger partial charge is 0.481 e. The first-order chi connectivity index (χ1) is 9.51. The molecule has 0 fully saturated rings. The zero-order chi connectivity index (χ0) is 15.0. The van der Waals surface area contributed by atoms with E-state index in [0.29, 0.717) is 30.3 Å². The van der Waals surface area contributed by atoms with Gasteiger partial charge in [0, 0.05) is 6.42 Å². The SMILES string of the molecule is CC(CCN)CCC(=O)Nc1ccc(CC(=O)O)nc1. The molecule has 1 aromatic heterocycles. The van der Waals surface area contributed by atoms with E-state index in [1.807, 2.05) is 0 Å². The summed E-state index contributed by atoms with van der Waals surface area (Å²) in [6, 6.07) is 3.26. The summed E-state index contributed by atoms with van der Waals surface area (Å²) in [5.74, 6) is -0.563. The molecular weight excluding hydrogens is 258 g/mol. The second-order valence-corrected chi connectivity index (χ2v) is 4.88. The maximum Gasteiger partial charge on any atom is 0.309 e. The summed E-state index contributed by atoms with van der Waals surface area (Å²) in [6.45, 7) is 2.71. The van der Waals surface area contributed by atoms with Crippen LogP contribution in [-0.2, 0) is 16.0 Å². The third kappa shape index (κ3) is 6.29. The van der Waals surface area contributed by atoms with Crippen LogP contribution in [0.4, 0.5) is 5.69 Å². The first kappa shape index (κ1) is 16.1. The fourth-order valence-electron chi connectivity index (χ4n) is 1.79. The van der Waals surface area contributed by atoms with Crippen molar-refractivity contribution in [1.29, 1.82) is 0 Å². The Labute approximate surface area is 118 Å². The molecule has 0 aromatic carbocycles. The van der Waals surface area contributed by atoms with Gasteiger partial charge in [0.15, 0.2) is 0 Å². The molecule has 0 aliphatic rings. The second-order valence-electron chi connectivity index (χ2n) is 4.88. The van der Waals surface area contributed by atoms with E-state index in [2.05, 4.69) is 17.2 Å². The minimum Gasteiger partial charge on any atom is -0.481 e. The van der Waals surface area contributed by atoms with Crippen LogP contribution in [0.5, 0.6) is 0 Å². The van der Waals surface area contributed by atoms with Gasteiger partial charge in [-0.1, -0.05) is 6.92 Å². The number of nitrogens with zero attached hydrogens (tertiary/aromatic N) is 1. The van der Waals surface area contributed by atoms with Gasteiger partial charge in [0.2, 0.25) is 5.91 Å². The van der Waals surface area contributed by atoms with Crippen LogP contribution in [0.15, 0.2) is 18.3 Å². The number of nitrogens with one attached hydrogen (secondary N) is 1. The molecule has 1 rings (SSSR count). The standard InChI is InChI=1S/C14H21N3O3/c1-10(6-7-15)2-5-13(18)17-12-4-3-11(16-9-12)8-14(19)20/h3-4,9-10H,2,5-8,15H2,1H3,(H,17,18)(H,19,20). The Bertz CT molecular complexity index is 445. The van der Waals surface area contributed by atoms with Gasteiger partial charge in [-0.2, -0.15) is 0 Å². The normalized spacial score (nSPS) is 11.9. The van der Waals surface area contributed by atoms with Gasteiger partial charge in [-0.25, -0.2) is 0 Å². The summed E-state index contributed by atoms with van der Waals surface area (Å²) in [5, 5.41) is 11.4. The lowest BCUT2D eigenvalue weighted by Crippen LogP contribution is -2.14. The maximum atomic E-state index is 11.7. The molecule has 0 aliphatic carbocycles. The van der Waals surface area contributed by atoms with E-state index in [0.717, 1.165) is 12.8 Å². The Balaban J connectivity index is 2.40. The van der Waals surface area contributed by atoms with Crippen LogP contribution in [-0.4, -0.2) is 28.5 Å². The number of carbonyl (C=O) groups excluding carboxylic acids is 1. The molecule has 1 atom stereocenters. The number of hydrogen-bond donors (Lipinski definition) is 3. The molecule has 0 bridgehead atoms. The molecule has 20 heavy (non-hydrogen) atoms. The first-order valence-corrected chi connectivity index (χ1v) is 6.68. The number of aromatic nitrogens is 1. The number of carbonyl (C=O) groups is 2. The maximum absolute atomic E-state index is 11.7. The second kappa shape index (κ2) is 8.27. The Morgan fingerprint density at radius 3 is 2.70 bits per heavy atom. The van der Waals surface area contributed by atoms with Crippen molar-refractivity contribution in [2.24, 2.45) is 11.7 Å². The lowest BCUT2D eigenvalue weighted by molar-refractivity contribution is -0.136. The number of carboxylic acids is 1. The van der Waals surface area contributed by atoms with Crippen LogP contribution in [0.3, 0.4) is 0 Å². The van der Waals surface area contributed by atoms with Crippen molar-refractivity contribution in [2.75, 3.05) is 11.9 Å². The molecule has 1 amide bonds. The van der Waals surface area contributed by atoms with Crippen LogP contribution in [0, 0.1) is 5.92 Å². The van der Waals surface area contributed by atoms with Gasteiger partial charge in [0.1, 0.15) is 0 Å². The summed E-state index contributed by atoms with van der Waals surface area (Å²) >= 11 is 0. The van der Waals surface area contributed by atoms with Crippen molar-refractivity contribution in [3.8, 4) is 0 Å². The minimum absolute atomic E-state index is 0.0679. The molecule has 0 aliphatic heterocycles. The predicted octanol–water partition coefficient (Wildman–Crippen LogP) is 1.41. The molecule has 6 nitrogen and oxygen atoms in total. The summed E-state index contributed by atoms with van der Waals surface area (Å²) < 4.78 is 0. The van der Waals surface area contributed by atoms with Crippen molar-refractivity contribution < 1.29 is 14.7 Å². The lowest BCUT2D eigenvalue weighted by atomic mass is 10.0. The van der Waals surface area contributed by atoms with Gasteiger partial charge in [0.05, 0.1) is 24.0 Å². The molecule has 1 heterocycles. The van der Waals surface area contributed by atoms with Crippen LogP contribution in [0.1, 0.15) is 31.9 Å². The number of aliphatic carboxylic acids is 1. The molecule has 0 saturated carbocycles. The molecule has 0 radical (unpaired) electrons. The van der Waals surface area contributed by atoms with Crippen LogP contribution < -0.4 is 11.1 Å². The molecule has 4 N–H and O–H groups in total. The molecule has 110 valence electrons. The third-order valence-corrected chi connectivity index (χ3v) is 2.96. The number of rotatable bonds is 8. The molecule has 6 heteroatoms. The van der Waals surface area contributed by atoms with E-state index in [1.165, 1.54) is 6.20 Å². The number of carboxylic acid groups (broad SMARTS) is 1. The van der Waals surface area contributed by atoms with Crippen molar-refractivity contribution in [3.63, 3.8) is 0 Å². The fraction of sp³-hybridized carbons (Fsp3) is 0.500. The van der Waals surface area contributed by atoms with E-state index in [-0.39, 0.29) is 12.3 Å². The molecule has 0 spiro atoms. The molecule has 1 aromatic rings. The Hall–Kier alpha value is -1.95. The highest BCUT2D eigenvalue weighted by Crippen LogP contribution is 2.11. The highest BCUT2D eigenvalue weighted by atomic mass is 16.4. The summed E-state index contributed by atoms with van der Waals surface area (Å²) in [5.41, 5.74) is 6.50. The van der Waals surface area contributed by atoms with Crippen LogP contribution >= 0.6 is 0 Å². The monoisotopic (exact) mass is 279 g/mol. The van der Waals surface area contributed by atoms with Crippen molar-refractivity contribution in [1.82, 2.24) is 4.98 Å². The van der Waals surface area contributed by atoms with E-state index in [1.54, 1.807) is 12.1 Å². The Morgan fingerprint density at radius 2 is 2.15 bits per heavy atom. The topological polar surface area (TPSA) is 105 Å². The van der Waals surface area contributed by atoms with Crippen LogP contribution in [0.25, 0.3) is 0 Å². The number of hydrogen-bond acceptors (Lipinski definition) is 4. The lowest BCUT2D eigenvalue weighted by Gasteiger charge is -2.10. The van der Waals surface area contributed by atoms with Gasteiger partial charge in [-0.15, -0.1) is 0 Å². The number of amides is 1. The molecular formula is C14H21N3O3. The van der Waals surface area contributed by atoms with Gasteiger partial charge in [-0.3, -0.25) is 14.6 Å². The van der Waals surface area contributed by atoms with E-state index in [4.69, 9.17) is 10.8 Å². The predicted molar refractivity (Wildman–Crippen MR) is 76.3 cm³/mol. The van der Waals surface area contributed by atoms with E-state index < -0.39 is 5.97 Å². The zero-order valence-corrected chi connectivity index (χ0v) is 11.6. The van der Waals surface area contributed by atoms with E-state index >= 15 is 0 Å². The van der Waals surface area contributed by atoms with E-state index in [9.17, 15) is 9.59 Å². The number of nitrogens with two attached hydrogens (primary N) is 1. The number of anilines is 1. The Morgan fingerprint density at radius 1 is 1.40 bits per heavy atom.